The second-order valence-corrected chi connectivity index (χ2v) is 6.17. The second-order valence-electron chi connectivity index (χ2n) is 6.17. The van der Waals surface area contributed by atoms with Crippen LogP contribution < -0.4 is 14.8 Å². The lowest BCUT2D eigenvalue weighted by Crippen LogP contribution is -2.54. The molecule has 1 fully saturated rings. The molecule has 2 N–H and O–H groups in total. The maximum atomic E-state index is 12.6. The fourth-order valence-electron chi connectivity index (χ4n) is 3.30. The summed E-state index contributed by atoms with van der Waals surface area (Å²) in [7, 11) is 3.06. The normalized spacial score (nSPS) is 16.8. The fraction of sp³-hybridized carbons (Fsp3) is 0.556. The molecule has 2 rings (SSSR count). The highest BCUT2D eigenvalue weighted by molar-refractivity contribution is 5.88. The van der Waals surface area contributed by atoms with Crippen molar-refractivity contribution in [3.8, 4) is 11.5 Å². The van der Waals surface area contributed by atoms with Gasteiger partial charge >= 0.3 is 5.97 Å². The van der Waals surface area contributed by atoms with Gasteiger partial charge in [-0.3, -0.25) is 4.79 Å². The topological polar surface area (TPSA) is 84.9 Å². The highest BCUT2D eigenvalue weighted by Crippen LogP contribution is 2.30. The Balaban J connectivity index is 2.19. The summed E-state index contributed by atoms with van der Waals surface area (Å²) in [5.41, 5.74) is -0.544. The highest BCUT2D eigenvalue weighted by Gasteiger charge is 2.40. The zero-order valence-corrected chi connectivity index (χ0v) is 14.3. The third kappa shape index (κ3) is 3.99. The monoisotopic (exact) mass is 335 g/mol. The minimum absolute atomic E-state index is 0.0161. The summed E-state index contributed by atoms with van der Waals surface area (Å²) in [6.07, 6.45) is 4.59. The lowest BCUT2D eigenvalue weighted by atomic mass is 9.90. The van der Waals surface area contributed by atoms with E-state index in [4.69, 9.17) is 9.47 Å². The molecule has 0 radical (unpaired) electrons. The van der Waals surface area contributed by atoms with Crippen molar-refractivity contribution < 1.29 is 24.2 Å². The Morgan fingerprint density at radius 1 is 1.08 bits per heavy atom. The quantitative estimate of drug-likeness (QED) is 0.781. The van der Waals surface area contributed by atoms with Crippen LogP contribution in [0.4, 0.5) is 0 Å². The first-order valence-corrected chi connectivity index (χ1v) is 8.26. The molecule has 0 heterocycles. The molecular weight excluding hydrogens is 310 g/mol. The number of carboxylic acid groups (broad SMARTS) is 1. The fourth-order valence-corrected chi connectivity index (χ4v) is 3.30. The molecule has 1 amide bonds. The molecule has 0 aromatic heterocycles. The smallest absolute Gasteiger partial charge is 0.329 e. The molecule has 24 heavy (non-hydrogen) atoms. The van der Waals surface area contributed by atoms with E-state index in [2.05, 4.69) is 5.32 Å². The number of nitrogens with one attached hydrogen (secondary N) is 1. The average molecular weight is 335 g/mol. The van der Waals surface area contributed by atoms with Gasteiger partial charge in [0.1, 0.15) is 17.0 Å². The molecule has 1 aliphatic carbocycles. The Morgan fingerprint density at radius 3 is 2.08 bits per heavy atom. The lowest BCUT2D eigenvalue weighted by Gasteiger charge is -2.29. The predicted molar refractivity (Wildman–Crippen MR) is 89.5 cm³/mol. The van der Waals surface area contributed by atoms with Crippen molar-refractivity contribution in [2.24, 2.45) is 0 Å². The van der Waals surface area contributed by atoms with Crippen molar-refractivity contribution in [3.63, 3.8) is 0 Å². The number of ether oxygens (including phenoxy) is 2. The van der Waals surface area contributed by atoms with Gasteiger partial charge in [0.05, 0.1) is 20.6 Å². The third-order valence-corrected chi connectivity index (χ3v) is 4.61. The largest absolute Gasteiger partial charge is 0.496 e. The van der Waals surface area contributed by atoms with Gasteiger partial charge in [-0.2, -0.15) is 0 Å². The highest BCUT2D eigenvalue weighted by atomic mass is 16.5. The molecule has 0 atom stereocenters. The van der Waals surface area contributed by atoms with Crippen molar-refractivity contribution in [3.05, 3.63) is 23.8 Å². The van der Waals surface area contributed by atoms with Gasteiger partial charge in [-0.15, -0.1) is 0 Å². The van der Waals surface area contributed by atoms with Gasteiger partial charge < -0.3 is 19.9 Å². The summed E-state index contributed by atoms with van der Waals surface area (Å²) in [6.45, 7) is 0. The Hall–Kier alpha value is -2.24. The summed E-state index contributed by atoms with van der Waals surface area (Å²) in [5.74, 6) is -0.184. The molecule has 6 heteroatoms. The number of aliphatic carboxylic acids is 1. The van der Waals surface area contributed by atoms with E-state index in [0.717, 1.165) is 25.7 Å². The second kappa shape index (κ2) is 8.04. The Morgan fingerprint density at radius 2 is 1.62 bits per heavy atom. The predicted octanol–water partition coefficient (Wildman–Crippen LogP) is 2.54. The number of benzene rings is 1. The number of hydrogen-bond acceptors (Lipinski definition) is 4. The van der Waals surface area contributed by atoms with Crippen LogP contribution in [0.5, 0.6) is 11.5 Å². The van der Waals surface area contributed by atoms with E-state index in [1.165, 1.54) is 14.2 Å². The van der Waals surface area contributed by atoms with E-state index in [-0.39, 0.29) is 12.3 Å². The first kappa shape index (κ1) is 18.1. The number of hydrogen-bond donors (Lipinski definition) is 2. The first-order chi connectivity index (χ1) is 11.5. The molecule has 0 unspecified atom stereocenters. The Bertz CT molecular complexity index is 569. The van der Waals surface area contributed by atoms with Crippen LogP contribution in [-0.4, -0.2) is 36.7 Å². The molecule has 1 aromatic rings. The van der Waals surface area contributed by atoms with Crippen molar-refractivity contribution in [1.82, 2.24) is 5.32 Å². The van der Waals surface area contributed by atoms with E-state index in [0.29, 0.717) is 29.9 Å². The minimum atomic E-state index is -1.16. The van der Waals surface area contributed by atoms with Gasteiger partial charge in [0, 0.05) is 5.56 Å². The SMILES string of the molecule is COc1cccc(OC)c1CC(=O)NC1(C(=O)O)CCCCCC1. The lowest BCUT2D eigenvalue weighted by molar-refractivity contribution is -0.148. The van der Waals surface area contributed by atoms with Crippen LogP contribution in [0.3, 0.4) is 0 Å². The van der Waals surface area contributed by atoms with Crippen molar-refractivity contribution >= 4 is 11.9 Å². The molecule has 1 saturated carbocycles. The summed E-state index contributed by atoms with van der Waals surface area (Å²) in [5, 5.41) is 12.4. The number of carbonyl (C=O) groups is 2. The molecule has 132 valence electrons. The first-order valence-electron chi connectivity index (χ1n) is 8.26. The summed E-state index contributed by atoms with van der Waals surface area (Å²) in [4.78, 5) is 24.4. The number of carbonyl (C=O) groups excluding carboxylic acids is 1. The number of methoxy groups -OCH3 is 2. The zero-order valence-electron chi connectivity index (χ0n) is 14.3. The van der Waals surface area contributed by atoms with Crippen LogP contribution in [0.1, 0.15) is 44.1 Å². The van der Waals surface area contributed by atoms with Crippen LogP contribution in [0.25, 0.3) is 0 Å². The van der Waals surface area contributed by atoms with Gasteiger partial charge in [0.15, 0.2) is 0 Å². The zero-order chi connectivity index (χ0) is 17.6. The summed E-state index contributed by atoms with van der Waals surface area (Å²) < 4.78 is 10.6. The summed E-state index contributed by atoms with van der Waals surface area (Å²) in [6, 6.07) is 5.29. The van der Waals surface area contributed by atoms with E-state index < -0.39 is 11.5 Å². The maximum absolute atomic E-state index is 12.6. The molecule has 0 spiro atoms. The third-order valence-electron chi connectivity index (χ3n) is 4.61. The number of rotatable bonds is 6. The molecule has 1 aliphatic rings. The van der Waals surface area contributed by atoms with Crippen molar-refractivity contribution in [1.29, 1.82) is 0 Å². The Labute approximate surface area is 142 Å². The molecule has 0 bridgehead atoms. The molecule has 1 aromatic carbocycles. The van der Waals surface area contributed by atoms with E-state index in [1.54, 1.807) is 18.2 Å². The van der Waals surface area contributed by atoms with E-state index >= 15 is 0 Å². The molecule has 6 nitrogen and oxygen atoms in total. The maximum Gasteiger partial charge on any atom is 0.329 e. The van der Waals surface area contributed by atoms with Crippen LogP contribution in [0.2, 0.25) is 0 Å². The number of carboxylic acids is 1. The van der Waals surface area contributed by atoms with E-state index in [9.17, 15) is 14.7 Å². The summed E-state index contributed by atoms with van der Waals surface area (Å²) >= 11 is 0. The van der Waals surface area contributed by atoms with Crippen molar-refractivity contribution in [2.45, 2.75) is 50.5 Å². The van der Waals surface area contributed by atoms with Crippen molar-refractivity contribution in [2.75, 3.05) is 14.2 Å². The average Bonchev–Trinajstić information content (AvgIpc) is 2.81. The van der Waals surface area contributed by atoms with E-state index in [1.807, 2.05) is 0 Å². The minimum Gasteiger partial charge on any atom is -0.496 e. The van der Waals surface area contributed by atoms with Gasteiger partial charge in [-0.25, -0.2) is 4.79 Å². The van der Waals surface area contributed by atoms with Gasteiger partial charge in [0.2, 0.25) is 5.91 Å². The van der Waals surface area contributed by atoms with Crippen LogP contribution in [-0.2, 0) is 16.0 Å². The van der Waals surface area contributed by atoms with Gasteiger partial charge in [-0.1, -0.05) is 31.7 Å². The molecule has 0 saturated heterocycles. The Kier molecular flexibility index (Phi) is 6.06. The number of amides is 1. The molecule has 0 aliphatic heterocycles. The van der Waals surface area contributed by atoms with Gasteiger partial charge in [0.25, 0.3) is 0 Å². The van der Waals surface area contributed by atoms with Crippen LogP contribution >= 0.6 is 0 Å². The van der Waals surface area contributed by atoms with Gasteiger partial charge in [-0.05, 0) is 25.0 Å². The van der Waals surface area contributed by atoms with Crippen LogP contribution in [0.15, 0.2) is 18.2 Å². The molecular formula is C18H25NO5. The standard InChI is InChI=1S/C18H25NO5/c1-23-14-8-7-9-15(24-2)13(14)12-16(20)19-18(17(21)22)10-5-3-4-6-11-18/h7-9H,3-6,10-12H2,1-2H3,(H,19,20)(H,21,22). The van der Waals surface area contributed by atoms with Crippen LogP contribution in [0, 0.1) is 0 Å².